The molecule has 0 heterocycles. The maximum Gasteiger partial charge on any atom is 0.220 e. The summed E-state index contributed by atoms with van der Waals surface area (Å²) >= 11 is 0. The lowest BCUT2D eigenvalue weighted by molar-refractivity contribution is 0.410. The Kier molecular flexibility index (Phi) is 6.50. The molecule has 0 amide bonds. The number of hydrogen-bond acceptors (Lipinski definition) is 1. The molecule has 1 aromatic rings. The molecule has 108 valence electrons. The van der Waals surface area contributed by atoms with E-state index in [1.54, 1.807) is 0 Å². The van der Waals surface area contributed by atoms with E-state index in [2.05, 4.69) is 57.7 Å². The Morgan fingerprint density at radius 2 is 1.42 bits per heavy atom. The third-order valence-electron chi connectivity index (χ3n) is 5.22. The van der Waals surface area contributed by atoms with Crippen LogP contribution >= 0.6 is 0 Å². The van der Waals surface area contributed by atoms with Gasteiger partial charge in [-0.3, -0.25) is 0 Å². The minimum absolute atomic E-state index is 1.02. The van der Waals surface area contributed by atoms with Gasteiger partial charge in [0, 0.05) is 7.11 Å². The van der Waals surface area contributed by atoms with E-state index in [0.29, 0.717) is 0 Å². The first-order valence-corrected chi connectivity index (χ1v) is 13.1. The Morgan fingerprint density at radius 3 is 1.84 bits per heavy atom. The molecule has 0 radical (unpaired) electrons. The topological polar surface area (TPSA) is 9.23 Å². The number of rotatable bonds is 8. The molecule has 0 bridgehead atoms. The maximum atomic E-state index is 6.01. The average molecular weight is 295 g/mol. The molecule has 0 aliphatic carbocycles. The molecule has 0 saturated carbocycles. The molecule has 3 heteroatoms. The smallest absolute Gasteiger partial charge is 0.220 e. The van der Waals surface area contributed by atoms with Gasteiger partial charge in [0.1, 0.15) is 0 Å². The molecule has 0 fully saturated rings. The van der Waals surface area contributed by atoms with Crippen LogP contribution in [-0.4, -0.2) is 23.5 Å². The average Bonchev–Trinajstić information content (AvgIpc) is 2.50. The van der Waals surface area contributed by atoms with E-state index in [-0.39, 0.29) is 0 Å². The molecule has 19 heavy (non-hydrogen) atoms. The van der Waals surface area contributed by atoms with Gasteiger partial charge in [-0.1, -0.05) is 75.3 Å². The molecule has 0 aliphatic rings. The second kappa shape index (κ2) is 7.41. The minimum Gasteiger partial charge on any atom is -0.416 e. The Balaban J connectivity index is 2.82. The van der Waals surface area contributed by atoms with Gasteiger partial charge in [-0.25, -0.2) is 0 Å². The summed E-state index contributed by atoms with van der Waals surface area (Å²) in [6, 6.07) is 17.9. The van der Waals surface area contributed by atoms with Gasteiger partial charge >= 0.3 is 0 Å². The monoisotopic (exact) mass is 294 g/mol. The Morgan fingerprint density at radius 1 is 0.895 bits per heavy atom. The summed E-state index contributed by atoms with van der Waals surface area (Å²) in [5.41, 5.74) is 0. The lowest BCUT2D eigenvalue weighted by atomic mass is 10.4. The molecule has 1 unspecified atom stereocenters. The highest BCUT2D eigenvalue weighted by Gasteiger charge is 2.35. The number of hydrogen-bond donors (Lipinski definition) is 0. The minimum atomic E-state index is -1.72. The van der Waals surface area contributed by atoms with E-state index >= 15 is 0 Å². The summed E-state index contributed by atoms with van der Waals surface area (Å²) in [6.45, 7) is 9.57. The van der Waals surface area contributed by atoms with Gasteiger partial charge in [0.05, 0.1) is 8.07 Å². The van der Waals surface area contributed by atoms with Gasteiger partial charge in [0.25, 0.3) is 0 Å². The van der Waals surface area contributed by atoms with Crippen LogP contribution in [0.1, 0.15) is 20.8 Å². The third-order valence-corrected chi connectivity index (χ3v) is 15.2. The molecule has 1 rings (SSSR count). The van der Waals surface area contributed by atoms with Crippen LogP contribution in [0.4, 0.5) is 0 Å². The molecule has 0 saturated heterocycles. The van der Waals surface area contributed by atoms with Gasteiger partial charge in [-0.05, 0) is 17.8 Å². The van der Waals surface area contributed by atoms with E-state index < -0.39 is 16.4 Å². The van der Waals surface area contributed by atoms with E-state index in [4.69, 9.17) is 4.43 Å². The normalized spacial score (nSPS) is 15.2. The second-order valence-corrected chi connectivity index (χ2v) is 15.4. The van der Waals surface area contributed by atoms with Crippen molar-refractivity contribution in [2.24, 2.45) is 0 Å². The zero-order chi connectivity index (χ0) is 14.4. The van der Waals surface area contributed by atoms with Crippen molar-refractivity contribution in [3.63, 3.8) is 0 Å². The highest BCUT2D eigenvalue weighted by Crippen LogP contribution is 2.30. The van der Waals surface area contributed by atoms with Gasteiger partial charge in [-0.2, -0.15) is 0 Å². The van der Waals surface area contributed by atoms with Crippen molar-refractivity contribution < 1.29 is 4.43 Å². The van der Waals surface area contributed by atoms with Crippen LogP contribution in [0, 0.1) is 0 Å². The van der Waals surface area contributed by atoms with E-state index in [1.165, 1.54) is 35.4 Å². The lowest BCUT2D eigenvalue weighted by Gasteiger charge is -2.33. The predicted octanol–water partition coefficient (Wildman–Crippen LogP) is 4.62. The first-order valence-electron chi connectivity index (χ1n) is 7.66. The quantitative estimate of drug-likeness (QED) is 0.636. The van der Waals surface area contributed by atoms with Crippen LogP contribution in [0.3, 0.4) is 0 Å². The van der Waals surface area contributed by atoms with Crippen LogP contribution in [0.25, 0.3) is 0 Å². The van der Waals surface area contributed by atoms with E-state index in [0.717, 1.165) is 0 Å². The molecule has 0 spiro atoms. The summed E-state index contributed by atoms with van der Waals surface area (Å²) < 4.78 is 6.01. The zero-order valence-electron chi connectivity index (χ0n) is 13.3. The molecular formula is C16H30OSi2. The van der Waals surface area contributed by atoms with Crippen LogP contribution in [0.5, 0.6) is 0 Å². The van der Waals surface area contributed by atoms with Crippen molar-refractivity contribution in [2.75, 3.05) is 7.11 Å². The first kappa shape index (κ1) is 16.7. The highest BCUT2D eigenvalue weighted by molar-refractivity contribution is 6.88. The molecule has 1 nitrogen and oxygen atoms in total. The van der Waals surface area contributed by atoms with Gasteiger partial charge in [0.15, 0.2) is 0 Å². The zero-order valence-corrected chi connectivity index (χ0v) is 15.3. The van der Waals surface area contributed by atoms with Crippen molar-refractivity contribution in [1.29, 1.82) is 0 Å². The number of benzene rings is 1. The lowest BCUT2D eigenvalue weighted by Crippen LogP contribution is -2.48. The van der Waals surface area contributed by atoms with Gasteiger partial charge in [-0.15, -0.1) is 0 Å². The van der Waals surface area contributed by atoms with Crippen LogP contribution in [0.2, 0.25) is 36.8 Å². The second-order valence-electron chi connectivity index (χ2n) is 5.86. The molecule has 1 atom stereocenters. The molecular weight excluding hydrogens is 264 g/mol. The highest BCUT2D eigenvalue weighted by atomic mass is 28.4. The predicted molar refractivity (Wildman–Crippen MR) is 91.5 cm³/mol. The van der Waals surface area contributed by atoms with Crippen molar-refractivity contribution >= 4 is 21.6 Å². The van der Waals surface area contributed by atoms with Crippen LogP contribution < -0.4 is 5.19 Å². The summed E-state index contributed by atoms with van der Waals surface area (Å²) in [4.78, 5) is 0. The fourth-order valence-electron chi connectivity index (χ4n) is 2.94. The molecule has 0 N–H and O–H groups in total. The Labute approximate surface area is 121 Å². The third kappa shape index (κ3) is 4.04. The van der Waals surface area contributed by atoms with Gasteiger partial charge < -0.3 is 4.43 Å². The maximum absolute atomic E-state index is 6.01. The summed E-state index contributed by atoms with van der Waals surface area (Å²) in [5, 5.41) is 1.45. The van der Waals surface area contributed by atoms with Crippen molar-refractivity contribution in [1.82, 2.24) is 0 Å². The fourth-order valence-corrected chi connectivity index (χ4v) is 11.2. The largest absolute Gasteiger partial charge is 0.416 e. The Bertz CT molecular complexity index is 354. The van der Waals surface area contributed by atoms with E-state index in [9.17, 15) is 0 Å². The molecule has 0 aliphatic heterocycles. The standard InChI is InChI=1S/C16H30OSi2/c1-6-19(7-2,8-3)15-14-18(5,17-4)16-12-10-9-11-13-16/h9-13H,6-8,14-15H2,1-5H3. The van der Waals surface area contributed by atoms with Crippen molar-refractivity contribution in [3.8, 4) is 0 Å². The summed E-state index contributed by atoms with van der Waals surface area (Å²) in [5.74, 6) is 0. The van der Waals surface area contributed by atoms with Crippen LogP contribution in [-0.2, 0) is 4.43 Å². The molecule has 1 aromatic carbocycles. The van der Waals surface area contributed by atoms with E-state index in [1.807, 2.05) is 7.11 Å². The molecule has 0 aromatic heterocycles. The van der Waals surface area contributed by atoms with Gasteiger partial charge in [0.2, 0.25) is 8.32 Å². The first-order chi connectivity index (χ1) is 9.05. The van der Waals surface area contributed by atoms with Crippen LogP contribution in [0.15, 0.2) is 30.3 Å². The Hall–Kier alpha value is -0.386. The van der Waals surface area contributed by atoms with Crippen molar-refractivity contribution in [3.05, 3.63) is 30.3 Å². The fraction of sp³-hybridized carbons (Fsp3) is 0.625. The SMILES string of the molecule is CC[Si](CC)(CC)CC[Si](C)(OC)c1ccccc1. The van der Waals surface area contributed by atoms with Crippen molar-refractivity contribution in [2.45, 2.75) is 57.5 Å². The summed E-state index contributed by atoms with van der Waals surface area (Å²) in [7, 11) is -0.836. The summed E-state index contributed by atoms with van der Waals surface area (Å²) in [6.07, 6.45) is 0.